The molecule has 0 aliphatic heterocycles. The molecule has 2 aromatic rings. The first kappa shape index (κ1) is 13.5. The van der Waals surface area contributed by atoms with Gasteiger partial charge in [0.05, 0.1) is 6.61 Å². The Balaban J connectivity index is 2.02. The fraction of sp³-hybridized carbons (Fsp3) is 0.200. The zero-order valence-corrected chi connectivity index (χ0v) is 11.8. The van der Waals surface area contributed by atoms with Crippen LogP contribution in [0.25, 0.3) is 0 Å². The summed E-state index contributed by atoms with van der Waals surface area (Å²) in [5, 5.41) is 9.80. The van der Waals surface area contributed by atoms with Crippen LogP contribution in [0.3, 0.4) is 0 Å². The molecule has 0 spiro atoms. The second-order valence-corrected chi connectivity index (χ2v) is 5.64. The van der Waals surface area contributed by atoms with Crippen molar-refractivity contribution in [3.8, 4) is 0 Å². The van der Waals surface area contributed by atoms with Crippen molar-refractivity contribution in [2.24, 2.45) is 0 Å². The Morgan fingerprint density at radius 3 is 2.44 bits per heavy atom. The first-order valence-corrected chi connectivity index (χ1v) is 7.13. The molecule has 0 amide bonds. The van der Waals surface area contributed by atoms with Crippen molar-refractivity contribution >= 4 is 23.4 Å². The maximum absolute atomic E-state index is 8.97. The highest BCUT2D eigenvalue weighted by Gasteiger charge is 2.02. The fourth-order valence-electron chi connectivity index (χ4n) is 1.62. The molecule has 18 heavy (non-hydrogen) atoms. The summed E-state index contributed by atoms with van der Waals surface area (Å²) >= 11 is 7.94. The van der Waals surface area contributed by atoms with Crippen LogP contribution in [0.15, 0.2) is 47.4 Å². The molecule has 0 radical (unpaired) electrons. The van der Waals surface area contributed by atoms with E-state index in [0.29, 0.717) is 0 Å². The minimum absolute atomic E-state index is 0.0920. The third-order valence-corrected chi connectivity index (χ3v) is 4.12. The summed E-state index contributed by atoms with van der Waals surface area (Å²) in [7, 11) is 0. The quantitative estimate of drug-likeness (QED) is 0.835. The number of rotatable bonds is 4. The van der Waals surface area contributed by atoms with Crippen LogP contribution in [0.2, 0.25) is 5.02 Å². The minimum Gasteiger partial charge on any atom is -0.392 e. The van der Waals surface area contributed by atoms with E-state index in [-0.39, 0.29) is 6.61 Å². The van der Waals surface area contributed by atoms with Crippen LogP contribution >= 0.6 is 23.4 Å². The molecule has 0 aliphatic rings. The van der Waals surface area contributed by atoms with E-state index in [9.17, 15) is 0 Å². The second kappa shape index (κ2) is 6.28. The van der Waals surface area contributed by atoms with E-state index in [4.69, 9.17) is 16.7 Å². The third-order valence-electron chi connectivity index (χ3n) is 2.71. The van der Waals surface area contributed by atoms with Gasteiger partial charge in [-0.15, -0.1) is 11.8 Å². The van der Waals surface area contributed by atoms with Gasteiger partial charge in [0.15, 0.2) is 0 Å². The molecule has 0 aliphatic carbocycles. The van der Waals surface area contributed by atoms with Crippen molar-refractivity contribution in [3.63, 3.8) is 0 Å². The fourth-order valence-corrected chi connectivity index (χ4v) is 2.91. The van der Waals surface area contributed by atoms with E-state index in [1.165, 1.54) is 10.5 Å². The molecule has 1 N–H and O–H groups in total. The normalized spacial score (nSPS) is 10.6. The molecule has 0 unspecified atom stereocenters. The van der Waals surface area contributed by atoms with E-state index in [1.807, 2.05) is 37.3 Å². The van der Waals surface area contributed by atoms with Gasteiger partial charge in [-0.1, -0.05) is 35.9 Å². The van der Waals surface area contributed by atoms with Gasteiger partial charge in [-0.2, -0.15) is 0 Å². The van der Waals surface area contributed by atoms with Crippen LogP contribution in [-0.2, 0) is 12.4 Å². The number of aryl methyl sites for hydroxylation is 1. The van der Waals surface area contributed by atoms with Gasteiger partial charge in [-0.3, -0.25) is 0 Å². The Morgan fingerprint density at radius 2 is 1.83 bits per heavy atom. The topological polar surface area (TPSA) is 20.2 Å². The summed E-state index contributed by atoms with van der Waals surface area (Å²) in [6.45, 7) is 2.13. The molecule has 0 atom stereocenters. The Hall–Kier alpha value is -0.960. The van der Waals surface area contributed by atoms with E-state index in [0.717, 1.165) is 21.9 Å². The molecule has 94 valence electrons. The van der Waals surface area contributed by atoms with Gasteiger partial charge in [0.25, 0.3) is 0 Å². The number of hydrogen-bond acceptors (Lipinski definition) is 2. The standard InChI is InChI=1S/C15H15ClOS/c1-11-2-5-13(15(16)8-11)10-18-14-6-3-12(9-17)4-7-14/h2-8,17H,9-10H2,1H3. The summed E-state index contributed by atoms with van der Waals surface area (Å²) < 4.78 is 0. The number of aliphatic hydroxyl groups excluding tert-OH is 1. The van der Waals surface area contributed by atoms with E-state index in [2.05, 4.69) is 12.1 Å². The molecular formula is C15H15ClOS. The molecule has 3 heteroatoms. The maximum Gasteiger partial charge on any atom is 0.0681 e. The van der Waals surface area contributed by atoms with Crippen LogP contribution in [0.4, 0.5) is 0 Å². The molecule has 2 aromatic carbocycles. The zero-order valence-electron chi connectivity index (χ0n) is 10.2. The van der Waals surface area contributed by atoms with Gasteiger partial charge in [-0.05, 0) is 41.8 Å². The lowest BCUT2D eigenvalue weighted by Gasteiger charge is -2.06. The highest BCUT2D eigenvalue weighted by molar-refractivity contribution is 7.98. The van der Waals surface area contributed by atoms with Crippen LogP contribution in [0.5, 0.6) is 0 Å². The number of aliphatic hydroxyl groups is 1. The number of halogens is 1. The Bertz CT molecular complexity index is 523. The van der Waals surface area contributed by atoms with Crippen LogP contribution in [0.1, 0.15) is 16.7 Å². The maximum atomic E-state index is 8.97. The SMILES string of the molecule is Cc1ccc(CSc2ccc(CO)cc2)c(Cl)c1. The summed E-state index contributed by atoms with van der Waals surface area (Å²) in [4.78, 5) is 1.18. The first-order chi connectivity index (χ1) is 8.69. The minimum atomic E-state index is 0.0920. The predicted molar refractivity (Wildman–Crippen MR) is 78.1 cm³/mol. The molecule has 0 heterocycles. The van der Waals surface area contributed by atoms with E-state index >= 15 is 0 Å². The molecule has 0 saturated carbocycles. The third kappa shape index (κ3) is 3.52. The monoisotopic (exact) mass is 278 g/mol. The predicted octanol–water partition coefficient (Wildman–Crippen LogP) is 4.43. The summed E-state index contributed by atoms with van der Waals surface area (Å²) in [6.07, 6.45) is 0. The Morgan fingerprint density at radius 1 is 1.11 bits per heavy atom. The van der Waals surface area contributed by atoms with Gasteiger partial charge >= 0.3 is 0 Å². The van der Waals surface area contributed by atoms with E-state index < -0.39 is 0 Å². The Labute approximate surface area is 117 Å². The average Bonchev–Trinajstić information content (AvgIpc) is 2.38. The first-order valence-electron chi connectivity index (χ1n) is 5.76. The summed E-state index contributed by atoms with van der Waals surface area (Å²) in [5.41, 5.74) is 3.27. The highest BCUT2D eigenvalue weighted by Crippen LogP contribution is 2.27. The van der Waals surface area contributed by atoms with Gasteiger partial charge in [0.1, 0.15) is 0 Å². The Kier molecular flexibility index (Phi) is 4.70. The molecule has 0 bridgehead atoms. The van der Waals surface area contributed by atoms with Crippen molar-refractivity contribution in [2.45, 2.75) is 24.2 Å². The highest BCUT2D eigenvalue weighted by atomic mass is 35.5. The van der Waals surface area contributed by atoms with E-state index in [1.54, 1.807) is 11.8 Å². The molecule has 0 fully saturated rings. The molecular weight excluding hydrogens is 264 g/mol. The number of thioether (sulfide) groups is 1. The van der Waals surface area contributed by atoms with Crippen LogP contribution in [-0.4, -0.2) is 5.11 Å². The van der Waals surface area contributed by atoms with Crippen LogP contribution in [0, 0.1) is 6.92 Å². The van der Waals surface area contributed by atoms with Crippen molar-refractivity contribution in [2.75, 3.05) is 0 Å². The molecule has 2 rings (SSSR count). The van der Waals surface area contributed by atoms with Gasteiger partial charge in [-0.25, -0.2) is 0 Å². The van der Waals surface area contributed by atoms with Gasteiger partial charge < -0.3 is 5.11 Å². The molecule has 0 saturated heterocycles. The zero-order chi connectivity index (χ0) is 13.0. The van der Waals surface area contributed by atoms with Crippen molar-refractivity contribution in [1.29, 1.82) is 0 Å². The molecule has 1 nitrogen and oxygen atoms in total. The number of benzene rings is 2. The lowest BCUT2D eigenvalue weighted by molar-refractivity contribution is 0.282. The summed E-state index contributed by atoms with van der Waals surface area (Å²) in [5.74, 6) is 0.859. The van der Waals surface area contributed by atoms with Crippen molar-refractivity contribution in [3.05, 3.63) is 64.2 Å². The van der Waals surface area contributed by atoms with Crippen molar-refractivity contribution in [1.82, 2.24) is 0 Å². The smallest absolute Gasteiger partial charge is 0.0681 e. The lowest BCUT2D eigenvalue weighted by atomic mass is 10.2. The van der Waals surface area contributed by atoms with Crippen LogP contribution < -0.4 is 0 Å². The molecule has 0 aromatic heterocycles. The average molecular weight is 279 g/mol. The number of hydrogen-bond donors (Lipinski definition) is 1. The van der Waals surface area contributed by atoms with Crippen molar-refractivity contribution < 1.29 is 5.11 Å². The second-order valence-electron chi connectivity index (χ2n) is 4.19. The largest absolute Gasteiger partial charge is 0.392 e. The van der Waals surface area contributed by atoms with Gasteiger partial charge in [0.2, 0.25) is 0 Å². The summed E-state index contributed by atoms with van der Waals surface area (Å²) in [6, 6.07) is 14.1. The van der Waals surface area contributed by atoms with Gasteiger partial charge in [0, 0.05) is 15.7 Å². The lowest BCUT2D eigenvalue weighted by Crippen LogP contribution is -1.85.